The molecule has 0 radical (unpaired) electrons. The van der Waals surface area contributed by atoms with E-state index >= 15 is 0 Å². The third-order valence-corrected chi connectivity index (χ3v) is 7.62. The number of piperazine rings is 1. The molecule has 1 aliphatic heterocycles. The zero-order valence-corrected chi connectivity index (χ0v) is 18.9. The molecule has 3 aromatic rings. The van der Waals surface area contributed by atoms with E-state index in [-0.39, 0.29) is 4.90 Å². The van der Waals surface area contributed by atoms with Gasteiger partial charge in [0.05, 0.1) is 4.90 Å². The Hall–Kier alpha value is -2.68. The Balaban J connectivity index is 1.49. The molecule has 2 aromatic carbocycles. The summed E-state index contributed by atoms with van der Waals surface area (Å²) in [6, 6.07) is 16.2. The fraction of sp³-hybridized carbons (Fsp3) is 0.273. The molecule has 0 saturated carbocycles. The SMILES string of the molecule is Cc1nc(Oc2ccccc2)cc(N2CCN(S(=O)(=O)c3cccc(Cl)c3C)CC2)n1. The Morgan fingerprint density at radius 1 is 0.935 bits per heavy atom. The van der Waals surface area contributed by atoms with Crippen LogP contribution in [-0.4, -0.2) is 48.9 Å². The van der Waals surface area contributed by atoms with E-state index in [1.807, 2.05) is 42.2 Å². The Morgan fingerprint density at radius 3 is 2.35 bits per heavy atom. The van der Waals surface area contributed by atoms with E-state index in [0.29, 0.717) is 54.2 Å². The van der Waals surface area contributed by atoms with Crippen molar-refractivity contribution in [3.63, 3.8) is 0 Å². The summed E-state index contributed by atoms with van der Waals surface area (Å²) in [6.45, 7) is 5.27. The molecule has 0 bridgehead atoms. The van der Waals surface area contributed by atoms with E-state index in [1.165, 1.54) is 4.31 Å². The van der Waals surface area contributed by atoms with Gasteiger partial charge in [0, 0.05) is 37.3 Å². The molecule has 162 valence electrons. The highest BCUT2D eigenvalue weighted by molar-refractivity contribution is 7.89. The smallest absolute Gasteiger partial charge is 0.243 e. The van der Waals surface area contributed by atoms with E-state index in [1.54, 1.807) is 31.2 Å². The number of hydrogen-bond donors (Lipinski definition) is 0. The molecule has 1 saturated heterocycles. The summed E-state index contributed by atoms with van der Waals surface area (Å²) in [5.41, 5.74) is 0.570. The van der Waals surface area contributed by atoms with Gasteiger partial charge in [0.1, 0.15) is 17.4 Å². The summed E-state index contributed by atoms with van der Waals surface area (Å²) in [5.74, 6) is 2.46. The van der Waals surface area contributed by atoms with Crippen molar-refractivity contribution in [1.29, 1.82) is 0 Å². The van der Waals surface area contributed by atoms with Gasteiger partial charge in [0.25, 0.3) is 0 Å². The van der Waals surface area contributed by atoms with Crippen LogP contribution in [0, 0.1) is 13.8 Å². The number of para-hydroxylation sites is 1. The minimum Gasteiger partial charge on any atom is -0.439 e. The highest BCUT2D eigenvalue weighted by Crippen LogP contribution is 2.28. The first-order valence-corrected chi connectivity index (χ1v) is 11.8. The van der Waals surface area contributed by atoms with Crippen LogP contribution in [0.15, 0.2) is 59.5 Å². The molecular weight excluding hydrogens is 436 g/mol. The molecule has 4 rings (SSSR count). The average molecular weight is 459 g/mol. The zero-order valence-electron chi connectivity index (χ0n) is 17.3. The number of benzene rings is 2. The second kappa shape index (κ2) is 8.82. The first kappa shape index (κ1) is 21.5. The van der Waals surface area contributed by atoms with E-state index < -0.39 is 10.0 Å². The molecule has 9 heteroatoms. The number of halogens is 1. The van der Waals surface area contributed by atoms with Gasteiger partial charge >= 0.3 is 0 Å². The predicted octanol–water partition coefficient (Wildman–Crippen LogP) is 4.05. The maximum Gasteiger partial charge on any atom is 0.243 e. The number of hydrogen-bond acceptors (Lipinski definition) is 6. The van der Waals surface area contributed by atoms with Gasteiger partial charge in [-0.1, -0.05) is 35.9 Å². The van der Waals surface area contributed by atoms with Gasteiger partial charge in [-0.15, -0.1) is 0 Å². The fourth-order valence-electron chi connectivity index (χ4n) is 3.51. The van der Waals surface area contributed by atoms with Gasteiger partial charge in [-0.25, -0.2) is 13.4 Å². The van der Waals surface area contributed by atoms with Crippen molar-refractivity contribution >= 4 is 27.4 Å². The van der Waals surface area contributed by atoms with Crippen molar-refractivity contribution in [2.75, 3.05) is 31.1 Å². The van der Waals surface area contributed by atoms with Crippen molar-refractivity contribution in [3.05, 3.63) is 71.0 Å². The van der Waals surface area contributed by atoms with Crippen LogP contribution in [0.4, 0.5) is 5.82 Å². The molecule has 1 fully saturated rings. The van der Waals surface area contributed by atoms with Crippen LogP contribution >= 0.6 is 11.6 Å². The van der Waals surface area contributed by atoms with Crippen LogP contribution in [0.2, 0.25) is 5.02 Å². The number of anilines is 1. The lowest BCUT2D eigenvalue weighted by Gasteiger charge is -2.35. The Morgan fingerprint density at radius 2 is 1.65 bits per heavy atom. The predicted molar refractivity (Wildman–Crippen MR) is 120 cm³/mol. The topological polar surface area (TPSA) is 75.6 Å². The molecule has 0 spiro atoms. The third-order valence-electron chi connectivity index (χ3n) is 5.17. The third kappa shape index (κ3) is 4.66. The molecule has 0 aliphatic carbocycles. The monoisotopic (exact) mass is 458 g/mol. The van der Waals surface area contributed by atoms with Gasteiger partial charge < -0.3 is 9.64 Å². The first-order chi connectivity index (χ1) is 14.8. The molecule has 31 heavy (non-hydrogen) atoms. The van der Waals surface area contributed by atoms with Crippen LogP contribution in [0.5, 0.6) is 11.6 Å². The van der Waals surface area contributed by atoms with Crippen molar-refractivity contribution in [1.82, 2.24) is 14.3 Å². The maximum absolute atomic E-state index is 13.1. The molecule has 0 N–H and O–H groups in total. The number of aryl methyl sites for hydroxylation is 1. The summed E-state index contributed by atoms with van der Waals surface area (Å²) in [4.78, 5) is 11.2. The van der Waals surface area contributed by atoms with Crippen LogP contribution in [0.25, 0.3) is 0 Å². The quantitative estimate of drug-likeness (QED) is 0.574. The van der Waals surface area contributed by atoms with Gasteiger partial charge in [0.15, 0.2) is 0 Å². The van der Waals surface area contributed by atoms with Gasteiger partial charge in [0.2, 0.25) is 15.9 Å². The van der Waals surface area contributed by atoms with E-state index in [0.717, 1.165) is 5.82 Å². The lowest BCUT2D eigenvalue weighted by atomic mass is 10.2. The van der Waals surface area contributed by atoms with Gasteiger partial charge in [-0.2, -0.15) is 9.29 Å². The molecule has 0 atom stereocenters. The summed E-state index contributed by atoms with van der Waals surface area (Å²) in [6.07, 6.45) is 0. The minimum absolute atomic E-state index is 0.255. The van der Waals surface area contributed by atoms with Crippen molar-refractivity contribution in [2.45, 2.75) is 18.7 Å². The lowest BCUT2D eigenvalue weighted by Crippen LogP contribution is -2.49. The number of nitrogens with zero attached hydrogens (tertiary/aromatic N) is 4. The first-order valence-electron chi connectivity index (χ1n) is 9.93. The van der Waals surface area contributed by atoms with Crippen LogP contribution < -0.4 is 9.64 Å². The second-order valence-electron chi connectivity index (χ2n) is 7.28. The number of sulfonamides is 1. The van der Waals surface area contributed by atoms with Crippen LogP contribution in [0.1, 0.15) is 11.4 Å². The lowest BCUT2D eigenvalue weighted by molar-refractivity contribution is 0.382. The fourth-order valence-corrected chi connectivity index (χ4v) is 5.41. The Bertz CT molecular complexity index is 1180. The average Bonchev–Trinajstić information content (AvgIpc) is 2.76. The zero-order chi connectivity index (χ0) is 22.0. The largest absolute Gasteiger partial charge is 0.439 e. The highest BCUT2D eigenvalue weighted by Gasteiger charge is 2.30. The van der Waals surface area contributed by atoms with Crippen LogP contribution in [-0.2, 0) is 10.0 Å². The van der Waals surface area contributed by atoms with Crippen molar-refractivity contribution in [2.24, 2.45) is 0 Å². The molecule has 0 unspecified atom stereocenters. The molecule has 0 amide bonds. The molecular formula is C22H23ClN4O3S. The van der Waals surface area contributed by atoms with Crippen molar-refractivity contribution < 1.29 is 13.2 Å². The maximum atomic E-state index is 13.1. The van der Waals surface area contributed by atoms with Crippen LogP contribution in [0.3, 0.4) is 0 Å². The van der Waals surface area contributed by atoms with Gasteiger partial charge in [-0.3, -0.25) is 0 Å². The normalized spacial score (nSPS) is 15.1. The van der Waals surface area contributed by atoms with E-state index in [4.69, 9.17) is 16.3 Å². The molecule has 7 nitrogen and oxygen atoms in total. The number of ether oxygens (including phenoxy) is 1. The van der Waals surface area contributed by atoms with Gasteiger partial charge in [-0.05, 0) is 43.7 Å². The summed E-state index contributed by atoms with van der Waals surface area (Å²) in [5, 5.41) is 0.446. The summed E-state index contributed by atoms with van der Waals surface area (Å²) >= 11 is 6.13. The van der Waals surface area contributed by atoms with Crippen molar-refractivity contribution in [3.8, 4) is 11.6 Å². The summed E-state index contributed by atoms with van der Waals surface area (Å²) in [7, 11) is -3.61. The standard InChI is InChI=1S/C22H23ClN4O3S/c1-16-19(23)9-6-10-20(16)31(28,29)27-13-11-26(12-14-27)21-15-22(25-17(2)24-21)30-18-7-4-3-5-8-18/h3-10,15H,11-14H2,1-2H3. The summed E-state index contributed by atoms with van der Waals surface area (Å²) < 4.78 is 33.6. The molecule has 2 heterocycles. The molecule has 1 aromatic heterocycles. The second-order valence-corrected chi connectivity index (χ2v) is 9.59. The molecule has 1 aliphatic rings. The Kier molecular flexibility index (Phi) is 6.13. The highest BCUT2D eigenvalue weighted by atomic mass is 35.5. The van der Waals surface area contributed by atoms with E-state index in [2.05, 4.69) is 9.97 Å². The van der Waals surface area contributed by atoms with E-state index in [9.17, 15) is 8.42 Å². The number of rotatable bonds is 5. The number of aromatic nitrogens is 2. The minimum atomic E-state index is -3.61. The Labute approximate surface area is 187 Å².